The monoisotopic (exact) mass is 413 g/mol. The van der Waals surface area contributed by atoms with Crippen LogP contribution in [0.3, 0.4) is 0 Å². The maximum Gasteiger partial charge on any atom is 1.00 e. The predicted octanol–water partition coefficient (Wildman–Crippen LogP) is 0.667. The Bertz CT molecular complexity index is 816. The van der Waals surface area contributed by atoms with Crippen molar-refractivity contribution in [2.45, 2.75) is 31.6 Å². The van der Waals surface area contributed by atoms with Crippen LogP contribution in [-0.2, 0) is 10.1 Å². The Morgan fingerprint density at radius 2 is 1.56 bits per heavy atom. The van der Waals surface area contributed by atoms with Crippen LogP contribution in [0.2, 0.25) is 0 Å². The van der Waals surface area contributed by atoms with Gasteiger partial charge in [0.25, 0.3) is 0 Å². The molecule has 0 aliphatic carbocycles. The molecule has 0 unspecified atom stereocenters. The van der Waals surface area contributed by atoms with Crippen molar-refractivity contribution in [3.05, 3.63) is 54.1 Å². The molecule has 0 radical (unpaired) electrons. The van der Waals surface area contributed by atoms with Crippen LogP contribution in [0.5, 0.6) is 0 Å². The maximum absolute atomic E-state index is 10.9. The molecule has 0 amide bonds. The van der Waals surface area contributed by atoms with Crippen molar-refractivity contribution in [1.82, 2.24) is 0 Å². The van der Waals surface area contributed by atoms with Gasteiger partial charge in [0.1, 0.15) is 10.1 Å². The van der Waals surface area contributed by atoms with Gasteiger partial charge in [0.15, 0.2) is 0 Å². The van der Waals surface area contributed by atoms with Crippen LogP contribution in [-0.4, -0.2) is 32.3 Å². The van der Waals surface area contributed by atoms with E-state index in [1.165, 1.54) is 30.0 Å². The average Bonchev–Trinajstić information content (AvgIpc) is 2.62. The van der Waals surface area contributed by atoms with E-state index < -0.39 is 10.1 Å². The fraction of sp³-hybridized carbons (Fsp3) is 0.316. The second-order valence-electron chi connectivity index (χ2n) is 5.93. The van der Waals surface area contributed by atoms with E-state index in [2.05, 4.69) is 41.4 Å². The third-order valence-electron chi connectivity index (χ3n) is 3.80. The molecule has 2 rings (SSSR count). The molecule has 0 fully saturated rings. The van der Waals surface area contributed by atoms with Gasteiger partial charge in [-0.2, -0.15) is 5.10 Å². The number of anilines is 2. The summed E-state index contributed by atoms with van der Waals surface area (Å²) in [5.74, 6) is 0. The molecule has 0 aliphatic heterocycles. The number of nitrogens with zero attached hydrogens (tertiary/aromatic N) is 2. The molecule has 0 heterocycles. The second-order valence-corrected chi connectivity index (χ2v) is 7.31. The molecule has 0 aromatic heterocycles. The number of hydrazone groups is 1. The molecule has 0 saturated carbocycles. The molecule has 140 valence electrons. The predicted molar refractivity (Wildman–Crippen MR) is 105 cm³/mol. The van der Waals surface area contributed by atoms with E-state index in [0.29, 0.717) is 5.69 Å². The minimum absolute atomic E-state index is 0. The Balaban J connectivity index is 0.00000364. The minimum atomic E-state index is -4.42. The number of benzene rings is 2. The average molecular weight is 414 g/mol. The summed E-state index contributed by atoms with van der Waals surface area (Å²) in [5, 5.41) is 4.13. The van der Waals surface area contributed by atoms with Crippen LogP contribution in [0, 0.1) is 0 Å². The number of rotatable bonds is 9. The van der Waals surface area contributed by atoms with Crippen molar-refractivity contribution >= 4 is 27.7 Å². The van der Waals surface area contributed by atoms with E-state index in [1.807, 2.05) is 12.1 Å². The van der Waals surface area contributed by atoms with Crippen LogP contribution in [0.25, 0.3) is 0 Å². The molecular weight excluding hydrogens is 389 g/mol. The van der Waals surface area contributed by atoms with Gasteiger partial charge in [-0.1, -0.05) is 26.0 Å². The van der Waals surface area contributed by atoms with Crippen molar-refractivity contribution < 1.29 is 64.4 Å². The Kier molecular flexibility index (Phi) is 10.8. The molecule has 6 nitrogen and oxygen atoms in total. The molecule has 0 spiro atoms. The summed E-state index contributed by atoms with van der Waals surface area (Å²) in [7, 11) is -4.42. The smallest absolute Gasteiger partial charge is 0.744 e. The minimum Gasteiger partial charge on any atom is -0.744 e. The van der Waals surface area contributed by atoms with Gasteiger partial charge in [0.05, 0.1) is 16.8 Å². The van der Waals surface area contributed by atoms with Gasteiger partial charge in [-0.15, -0.1) is 0 Å². The van der Waals surface area contributed by atoms with Crippen LogP contribution in [0.15, 0.2) is 58.5 Å². The van der Waals surface area contributed by atoms with Gasteiger partial charge in [-0.3, -0.25) is 5.43 Å². The third kappa shape index (κ3) is 8.03. The molecule has 27 heavy (non-hydrogen) atoms. The van der Waals surface area contributed by atoms with Crippen LogP contribution < -0.4 is 61.7 Å². The number of nitrogens with one attached hydrogen (secondary N) is 1. The van der Waals surface area contributed by atoms with E-state index in [9.17, 15) is 13.0 Å². The van der Waals surface area contributed by atoms with E-state index in [0.717, 1.165) is 31.5 Å². The fourth-order valence-electron chi connectivity index (χ4n) is 2.56. The summed E-state index contributed by atoms with van der Waals surface area (Å²) >= 11 is 0. The van der Waals surface area contributed by atoms with E-state index in [1.54, 1.807) is 6.21 Å². The zero-order valence-corrected chi connectivity index (χ0v) is 20.0. The van der Waals surface area contributed by atoms with Crippen LogP contribution in [0.4, 0.5) is 11.4 Å². The first-order valence-corrected chi connectivity index (χ1v) is 10.0. The quantitative estimate of drug-likeness (QED) is 0.283. The summed E-state index contributed by atoms with van der Waals surface area (Å²) in [5.41, 5.74) is 5.57. The maximum atomic E-state index is 10.9. The Labute approximate surface area is 204 Å². The summed E-state index contributed by atoms with van der Waals surface area (Å²) in [6.07, 6.45) is 3.91. The molecule has 0 bridgehead atoms. The van der Waals surface area contributed by atoms with Crippen molar-refractivity contribution in [2.75, 3.05) is 23.4 Å². The summed E-state index contributed by atoms with van der Waals surface area (Å²) in [6.45, 7) is 6.43. The van der Waals surface area contributed by atoms with Gasteiger partial charge >= 0.3 is 51.4 Å². The van der Waals surface area contributed by atoms with Crippen LogP contribution >= 0.6 is 0 Å². The first kappa shape index (κ1) is 24.3. The Morgan fingerprint density at radius 1 is 1.00 bits per heavy atom. The van der Waals surface area contributed by atoms with E-state index in [-0.39, 0.29) is 56.3 Å². The Hall–Kier alpha value is -0.744. The molecular formula is C19H24KN3O3S. The third-order valence-corrected chi connectivity index (χ3v) is 4.65. The molecule has 1 N–H and O–H groups in total. The zero-order valence-electron chi connectivity index (χ0n) is 16.1. The normalized spacial score (nSPS) is 11.2. The van der Waals surface area contributed by atoms with Gasteiger partial charge in [-0.05, 0) is 54.8 Å². The van der Waals surface area contributed by atoms with Gasteiger partial charge in [0, 0.05) is 18.8 Å². The number of hydrogen-bond acceptors (Lipinski definition) is 6. The van der Waals surface area contributed by atoms with Gasteiger partial charge < -0.3 is 9.45 Å². The molecule has 8 heteroatoms. The topological polar surface area (TPSA) is 84.8 Å². The first-order chi connectivity index (χ1) is 12.4. The fourth-order valence-corrected chi connectivity index (χ4v) is 3.03. The molecule has 2 aromatic carbocycles. The summed E-state index contributed by atoms with van der Waals surface area (Å²) in [4.78, 5) is 2.11. The van der Waals surface area contributed by atoms with Crippen molar-refractivity contribution in [2.24, 2.45) is 5.10 Å². The van der Waals surface area contributed by atoms with Crippen molar-refractivity contribution in [3.63, 3.8) is 0 Å². The Morgan fingerprint density at radius 3 is 2.04 bits per heavy atom. The first-order valence-electron chi connectivity index (χ1n) is 8.64. The molecule has 0 saturated heterocycles. The molecule has 2 aromatic rings. The van der Waals surface area contributed by atoms with Gasteiger partial charge in [-0.25, -0.2) is 8.42 Å². The van der Waals surface area contributed by atoms with Crippen molar-refractivity contribution in [3.8, 4) is 0 Å². The van der Waals surface area contributed by atoms with Gasteiger partial charge in [0.2, 0.25) is 0 Å². The van der Waals surface area contributed by atoms with Crippen LogP contribution in [0.1, 0.15) is 32.3 Å². The number of hydrogen-bond donors (Lipinski definition) is 1. The van der Waals surface area contributed by atoms with E-state index in [4.69, 9.17) is 0 Å². The largest absolute Gasteiger partial charge is 1.00 e. The molecule has 0 atom stereocenters. The standard InChI is InChI=1S/C19H25N3O3S.K/c1-3-13-22(14-4-2)18-9-5-16(6-10-18)15-20-21-17-7-11-19(12-8-17)26(23,24)25;/h5-12,15,21H,3-4,13-14H2,1-2H3,(H,23,24,25);/q;+1/p-1/b20-15+;. The second kappa shape index (κ2) is 12.0. The summed E-state index contributed by atoms with van der Waals surface area (Å²) < 4.78 is 32.7. The van der Waals surface area contributed by atoms with Crippen molar-refractivity contribution in [1.29, 1.82) is 0 Å². The summed E-state index contributed by atoms with van der Waals surface area (Å²) in [6, 6.07) is 13.7. The molecule has 0 aliphatic rings. The SMILES string of the molecule is CCCN(CCC)c1ccc(/C=N/Nc2ccc(S(=O)(=O)[O-])cc2)cc1.[K+]. The zero-order chi connectivity index (χ0) is 19.0. The van der Waals surface area contributed by atoms with E-state index >= 15 is 0 Å².